The second-order valence-electron chi connectivity index (χ2n) is 7.38. The first-order valence-corrected chi connectivity index (χ1v) is 10.4. The van der Waals surface area contributed by atoms with E-state index in [1.807, 2.05) is 43.3 Å². The first kappa shape index (κ1) is 21.8. The highest BCUT2D eigenvalue weighted by molar-refractivity contribution is 6.05. The highest BCUT2D eigenvalue weighted by Crippen LogP contribution is 2.29. The molecule has 7 nitrogen and oxygen atoms in total. The lowest BCUT2D eigenvalue weighted by atomic mass is 10.1. The molecule has 4 aromatic rings. The number of hydrogen-bond donors (Lipinski definition) is 2. The maximum atomic E-state index is 12.9. The van der Waals surface area contributed by atoms with E-state index >= 15 is 0 Å². The quantitative estimate of drug-likeness (QED) is 0.397. The molecule has 0 aliphatic heterocycles. The van der Waals surface area contributed by atoms with Gasteiger partial charge in [-0.25, -0.2) is 9.97 Å². The van der Waals surface area contributed by atoms with Gasteiger partial charge in [-0.3, -0.25) is 4.79 Å². The number of methoxy groups -OCH3 is 2. The van der Waals surface area contributed by atoms with Crippen LogP contribution in [-0.2, 0) is 0 Å². The smallest absolute Gasteiger partial charge is 0.255 e. The summed E-state index contributed by atoms with van der Waals surface area (Å²) in [6.45, 7) is 2.04. The van der Waals surface area contributed by atoms with Crippen LogP contribution in [0.4, 0.5) is 17.2 Å². The number of nitrogens with one attached hydrogen (secondary N) is 2. The molecule has 3 aromatic carbocycles. The van der Waals surface area contributed by atoms with Crippen LogP contribution in [0.3, 0.4) is 0 Å². The van der Waals surface area contributed by atoms with E-state index in [0.29, 0.717) is 28.6 Å². The average molecular weight is 441 g/mol. The Kier molecular flexibility index (Phi) is 6.50. The molecule has 0 spiro atoms. The van der Waals surface area contributed by atoms with Gasteiger partial charge in [-0.2, -0.15) is 0 Å². The molecule has 0 bridgehead atoms. The molecule has 1 heterocycles. The third-order valence-corrected chi connectivity index (χ3v) is 5.03. The predicted octanol–water partition coefficient (Wildman–Crippen LogP) is 5.47. The zero-order valence-corrected chi connectivity index (χ0v) is 18.6. The van der Waals surface area contributed by atoms with E-state index in [1.54, 1.807) is 44.6 Å². The van der Waals surface area contributed by atoms with Gasteiger partial charge < -0.3 is 20.1 Å². The van der Waals surface area contributed by atoms with Gasteiger partial charge >= 0.3 is 0 Å². The highest BCUT2D eigenvalue weighted by atomic mass is 16.5. The monoisotopic (exact) mass is 440 g/mol. The van der Waals surface area contributed by atoms with Crippen LogP contribution in [0.1, 0.15) is 15.9 Å². The van der Waals surface area contributed by atoms with Crippen LogP contribution in [0.5, 0.6) is 11.5 Å². The van der Waals surface area contributed by atoms with Crippen molar-refractivity contribution < 1.29 is 14.3 Å². The number of carbonyl (C=O) groups is 1. The molecule has 2 N–H and O–H groups in total. The number of rotatable bonds is 7. The van der Waals surface area contributed by atoms with Crippen molar-refractivity contribution in [2.45, 2.75) is 6.92 Å². The summed E-state index contributed by atoms with van der Waals surface area (Å²) < 4.78 is 10.6. The summed E-state index contributed by atoms with van der Waals surface area (Å²) in [4.78, 5) is 21.6. The van der Waals surface area contributed by atoms with Gasteiger partial charge in [0, 0.05) is 28.9 Å². The molecule has 0 radical (unpaired) electrons. The third kappa shape index (κ3) is 5.27. The van der Waals surface area contributed by atoms with E-state index in [-0.39, 0.29) is 5.91 Å². The first-order valence-electron chi connectivity index (χ1n) is 10.4. The summed E-state index contributed by atoms with van der Waals surface area (Å²) in [5, 5.41) is 6.14. The van der Waals surface area contributed by atoms with Gasteiger partial charge in [0.05, 0.1) is 25.6 Å². The number of amides is 1. The fourth-order valence-electron chi connectivity index (χ4n) is 3.37. The molecular formula is C26H24N4O3. The van der Waals surface area contributed by atoms with Gasteiger partial charge in [0.1, 0.15) is 23.6 Å². The number of aryl methyl sites for hydroxylation is 1. The summed E-state index contributed by atoms with van der Waals surface area (Å²) in [7, 11) is 3.12. The fourth-order valence-corrected chi connectivity index (χ4v) is 3.37. The van der Waals surface area contributed by atoms with Crippen LogP contribution in [0, 0.1) is 6.92 Å². The standard InChI is InChI=1S/C26H24N4O3/c1-17-6-4-7-18(12-17)23-15-25(28-16-27-23)29-20-9-5-8-19(13-20)26(31)30-22-11-10-21(32-2)14-24(22)33-3/h4-16H,1-3H3,(H,30,31)(H,27,28,29). The second-order valence-corrected chi connectivity index (χ2v) is 7.38. The van der Waals surface area contributed by atoms with E-state index < -0.39 is 0 Å². The van der Waals surface area contributed by atoms with Crippen LogP contribution in [-0.4, -0.2) is 30.1 Å². The Bertz CT molecular complexity index is 1290. The maximum absolute atomic E-state index is 12.9. The van der Waals surface area contributed by atoms with Crippen LogP contribution in [0.15, 0.2) is 79.1 Å². The molecule has 4 rings (SSSR count). The van der Waals surface area contributed by atoms with Gasteiger partial charge in [-0.05, 0) is 43.3 Å². The van der Waals surface area contributed by atoms with E-state index in [9.17, 15) is 4.79 Å². The summed E-state index contributed by atoms with van der Waals surface area (Å²) in [5.41, 5.74) is 4.77. The largest absolute Gasteiger partial charge is 0.497 e. The third-order valence-electron chi connectivity index (χ3n) is 5.03. The zero-order chi connectivity index (χ0) is 23.2. The van der Waals surface area contributed by atoms with E-state index in [0.717, 1.165) is 22.5 Å². The van der Waals surface area contributed by atoms with E-state index in [1.165, 1.54) is 6.33 Å². The number of ether oxygens (including phenoxy) is 2. The lowest BCUT2D eigenvalue weighted by molar-refractivity contribution is 0.102. The summed E-state index contributed by atoms with van der Waals surface area (Å²) in [6.07, 6.45) is 1.52. The molecule has 1 amide bonds. The Labute approximate surface area is 192 Å². The Balaban J connectivity index is 1.52. The molecule has 33 heavy (non-hydrogen) atoms. The molecular weight excluding hydrogens is 416 g/mol. The highest BCUT2D eigenvalue weighted by Gasteiger charge is 2.12. The molecule has 0 atom stereocenters. The second kappa shape index (κ2) is 9.82. The van der Waals surface area contributed by atoms with E-state index in [4.69, 9.17) is 9.47 Å². The lowest BCUT2D eigenvalue weighted by Gasteiger charge is -2.12. The van der Waals surface area contributed by atoms with Crippen molar-refractivity contribution in [1.29, 1.82) is 0 Å². The minimum absolute atomic E-state index is 0.259. The van der Waals surface area contributed by atoms with E-state index in [2.05, 4.69) is 26.7 Å². The van der Waals surface area contributed by atoms with Gasteiger partial charge in [0.2, 0.25) is 0 Å². The van der Waals surface area contributed by atoms with Crippen molar-refractivity contribution in [2.75, 3.05) is 24.9 Å². The summed E-state index contributed by atoms with van der Waals surface area (Å²) in [5.74, 6) is 1.54. The fraction of sp³-hybridized carbons (Fsp3) is 0.115. The minimum atomic E-state index is -0.259. The number of hydrogen-bond acceptors (Lipinski definition) is 6. The normalized spacial score (nSPS) is 10.4. The average Bonchev–Trinajstić information content (AvgIpc) is 2.84. The Morgan fingerprint density at radius 3 is 2.52 bits per heavy atom. The number of aromatic nitrogens is 2. The van der Waals surface area contributed by atoms with Crippen molar-refractivity contribution in [2.24, 2.45) is 0 Å². The van der Waals surface area contributed by atoms with Crippen molar-refractivity contribution in [3.63, 3.8) is 0 Å². The Morgan fingerprint density at radius 2 is 1.73 bits per heavy atom. The molecule has 0 aliphatic carbocycles. The van der Waals surface area contributed by atoms with Gasteiger partial charge in [-0.15, -0.1) is 0 Å². The first-order chi connectivity index (χ1) is 16.1. The predicted molar refractivity (Wildman–Crippen MR) is 129 cm³/mol. The van der Waals surface area contributed by atoms with Crippen molar-refractivity contribution in [3.8, 4) is 22.8 Å². The van der Waals surface area contributed by atoms with Crippen molar-refractivity contribution in [3.05, 3.63) is 90.3 Å². The summed E-state index contributed by atoms with van der Waals surface area (Å²) >= 11 is 0. The number of nitrogens with zero attached hydrogens (tertiary/aromatic N) is 2. The molecule has 1 aromatic heterocycles. The SMILES string of the molecule is COc1ccc(NC(=O)c2cccc(Nc3cc(-c4cccc(C)c4)ncn3)c2)c(OC)c1. The van der Waals surface area contributed by atoms with Crippen LogP contribution >= 0.6 is 0 Å². The molecule has 0 aliphatic rings. The van der Waals surface area contributed by atoms with Crippen molar-refractivity contribution >= 4 is 23.1 Å². The molecule has 7 heteroatoms. The molecule has 0 unspecified atom stereocenters. The minimum Gasteiger partial charge on any atom is -0.497 e. The van der Waals surface area contributed by atoms with Gasteiger partial charge in [0.15, 0.2) is 0 Å². The Hall–Kier alpha value is -4.39. The summed E-state index contributed by atoms with van der Waals surface area (Å²) in [6, 6.07) is 22.4. The van der Waals surface area contributed by atoms with Crippen molar-refractivity contribution in [1.82, 2.24) is 9.97 Å². The van der Waals surface area contributed by atoms with Gasteiger partial charge in [-0.1, -0.05) is 29.8 Å². The molecule has 0 fully saturated rings. The van der Waals surface area contributed by atoms with Gasteiger partial charge in [0.25, 0.3) is 5.91 Å². The lowest BCUT2D eigenvalue weighted by Crippen LogP contribution is -2.13. The number of benzene rings is 3. The molecule has 0 saturated carbocycles. The molecule has 166 valence electrons. The van der Waals surface area contributed by atoms with Crippen LogP contribution in [0.2, 0.25) is 0 Å². The zero-order valence-electron chi connectivity index (χ0n) is 18.6. The number of carbonyl (C=O) groups excluding carboxylic acids is 1. The Morgan fingerprint density at radius 1 is 0.879 bits per heavy atom. The van der Waals surface area contributed by atoms with Crippen LogP contribution in [0.25, 0.3) is 11.3 Å². The van der Waals surface area contributed by atoms with Crippen LogP contribution < -0.4 is 20.1 Å². The topological polar surface area (TPSA) is 85.4 Å². The molecule has 0 saturated heterocycles. The maximum Gasteiger partial charge on any atom is 0.255 e. The number of anilines is 3.